The van der Waals surface area contributed by atoms with E-state index in [0.29, 0.717) is 12.4 Å². The first-order chi connectivity index (χ1) is 6.33. The molecule has 13 heavy (non-hydrogen) atoms. The predicted molar refractivity (Wildman–Crippen MR) is 44.5 cm³/mol. The van der Waals surface area contributed by atoms with E-state index in [9.17, 15) is 4.79 Å². The van der Waals surface area contributed by atoms with Crippen LogP contribution in [0.3, 0.4) is 0 Å². The first-order valence-corrected chi connectivity index (χ1v) is 3.82. The number of nitrogens with one attached hydrogen (secondary N) is 1. The second-order valence-electron chi connectivity index (χ2n) is 2.12. The van der Waals surface area contributed by atoms with Crippen molar-refractivity contribution in [2.45, 2.75) is 13.3 Å². The van der Waals surface area contributed by atoms with Crippen LogP contribution in [0.1, 0.15) is 19.2 Å². The molecule has 1 heterocycles. The quantitative estimate of drug-likeness (QED) is 0.516. The first-order valence-electron chi connectivity index (χ1n) is 3.82. The van der Waals surface area contributed by atoms with Crippen LogP contribution in [0, 0.1) is 11.8 Å². The minimum Gasteiger partial charge on any atom is -0.465 e. The Hall–Kier alpha value is -1.83. The zero-order valence-corrected chi connectivity index (χ0v) is 7.20. The van der Waals surface area contributed by atoms with Crippen LogP contribution in [0.4, 0.5) is 0 Å². The number of hydrogen-bond acceptors (Lipinski definition) is 4. The highest BCUT2D eigenvalue weighted by Gasteiger charge is 1.96. The van der Waals surface area contributed by atoms with Gasteiger partial charge < -0.3 is 4.74 Å². The number of carbonyl (C=O) groups excluding carboxylic acids is 1. The van der Waals surface area contributed by atoms with Crippen molar-refractivity contribution in [3.63, 3.8) is 0 Å². The lowest BCUT2D eigenvalue weighted by molar-refractivity contribution is -0.141. The monoisotopic (exact) mass is 179 g/mol. The van der Waals surface area contributed by atoms with Gasteiger partial charge in [0, 0.05) is 0 Å². The summed E-state index contributed by atoms with van der Waals surface area (Å²) < 4.78 is 4.67. The molecule has 0 saturated carbocycles. The van der Waals surface area contributed by atoms with Gasteiger partial charge in [-0.05, 0) is 12.8 Å². The van der Waals surface area contributed by atoms with Gasteiger partial charge in [-0.2, -0.15) is 5.10 Å². The molecule has 0 radical (unpaired) electrons. The molecule has 0 bridgehead atoms. The van der Waals surface area contributed by atoms with E-state index in [4.69, 9.17) is 0 Å². The molecule has 0 amide bonds. The molecule has 0 fully saturated rings. The maximum absolute atomic E-state index is 10.8. The van der Waals surface area contributed by atoms with E-state index in [2.05, 4.69) is 31.8 Å². The van der Waals surface area contributed by atoms with Gasteiger partial charge in [0.25, 0.3) is 0 Å². The molecule has 1 aromatic heterocycles. The molecule has 1 rings (SSSR count). The van der Waals surface area contributed by atoms with Crippen LogP contribution in [0.5, 0.6) is 0 Å². The maximum Gasteiger partial charge on any atom is 0.317 e. The smallest absolute Gasteiger partial charge is 0.317 e. The van der Waals surface area contributed by atoms with Gasteiger partial charge in [0.15, 0.2) is 0 Å². The molecule has 0 aliphatic heterocycles. The summed E-state index contributed by atoms with van der Waals surface area (Å²) in [5, 5.41) is 6.16. The van der Waals surface area contributed by atoms with Crippen molar-refractivity contribution < 1.29 is 9.53 Å². The molecule has 0 spiro atoms. The largest absolute Gasteiger partial charge is 0.465 e. The molecule has 1 N–H and O–H groups in total. The summed E-state index contributed by atoms with van der Waals surface area (Å²) >= 11 is 0. The molecule has 0 aromatic carbocycles. The Labute approximate surface area is 75.5 Å². The zero-order valence-electron chi connectivity index (χ0n) is 7.20. The number of H-pyrrole nitrogens is 1. The fourth-order valence-corrected chi connectivity index (χ4v) is 0.678. The van der Waals surface area contributed by atoms with Crippen molar-refractivity contribution in [3.05, 3.63) is 12.2 Å². The Morgan fingerprint density at radius 3 is 3.23 bits per heavy atom. The minimum absolute atomic E-state index is 0.0779. The number of aromatic amines is 1. The van der Waals surface area contributed by atoms with Gasteiger partial charge in [-0.3, -0.25) is 9.89 Å². The highest BCUT2D eigenvalue weighted by atomic mass is 16.5. The Kier molecular flexibility index (Phi) is 3.51. The Morgan fingerprint density at radius 1 is 1.77 bits per heavy atom. The van der Waals surface area contributed by atoms with Crippen LogP contribution in [-0.4, -0.2) is 27.8 Å². The zero-order chi connectivity index (χ0) is 9.52. The Bertz CT molecular complexity index is 321. The molecule has 0 aliphatic carbocycles. The summed E-state index contributed by atoms with van der Waals surface area (Å²) in [6.45, 7) is 2.13. The fraction of sp³-hybridized carbons (Fsp3) is 0.375. The van der Waals surface area contributed by atoms with Crippen LogP contribution in [0.15, 0.2) is 6.33 Å². The lowest BCUT2D eigenvalue weighted by Gasteiger charge is -1.94. The van der Waals surface area contributed by atoms with E-state index in [1.807, 2.05) is 0 Å². The molecule has 5 nitrogen and oxygen atoms in total. The number of hydrogen-bond donors (Lipinski definition) is 1. The van der Waals surface area contributed by atoms with E-state index < -0.39 is 0 Å². The predicted octanol–water partition coefficient (Wildman–Crippen LogP) is 0.109. The van der Waals surface area contributed by atoms with Crippen LogP contribution in [0.2, 0.25) is 0 Å². The fourth-order valence-electron chi connectivity index (χ4n) is 0.678. The molecular formula is C8H9N3O2. The lowest BCUT2D eigenvalue weighted by Crippen LogP contribution is -2.01. The van der Waals surface area contributed by atoms with Crippen LogP contribution >= 0.6 is 0 Å². The third-order valence-corrected chi connectivity index (χ3v) is 1.16. The highest BCUT2D eigenvalue weighted by molar-refractivity contribution is 5.72. The van der Waals surface area contributed by atoms with Crippen LogP contribution < -0.4 is 0 Å². The van der Waals surface area contributed by atoms with Gasteiger partial charge in [-0.1, -0.05) is 5.92 Å². The summed E-state index contributed by atoms with van der Waals surface area (Å²) in [5.41, 5.74) is 0. The normalized spacial score (nSPS) is 8.69. The molecule has 0 atom stereocenters. The van der Waals surface area contributed by atoms with Crippen molar-refractivity contribution >= 4 is 5.97 Å². The summed E-state index contributed by atoms with van der Waals surface area (Å²) in [4.78, 5) is 14.6. The average molecular weight is 179 g/mol. The number of nitrogens with zero attached hydrogens (tertiary/aromatic N) is 2. The van der Waals surface area contributed by atoms with Crippen molar-refractivity contribution in [3.8, 4) is 11.8 Å². The average Bonchev–Trinajstić information content (AvgIpc) is 2.57. The number of esters is 1. The second-order valence-corrected chi connectivity index (χ2v) is 2.12. The molecule has 0 aliphatic rings. The molecule has 5 heteroatoms. The third kappa shape index (κ3) is 3.38. The topological polar surface area (TPSA) is 67.9 Å². The number of carbonyl (C=O) groups is 1. The molecule has 1 aromatic rings. The van der Waals surface area contributed by atoms with E-state index in [1.165, 1.54) is 6.33 Å². The Morgan fingerprint density at radius 2 is 2.62 bits per heavy atom. The summed E-state index contributed by atoms with van der Waals surface area (Å²) in [6, 6.07) is 0. The SMILES string of the molecule is CCOC(=O)CC#Cc1ncn[nH]1. The third-order valence-electron chi connectivity index (χ3n) is 1.16. The minimum atomic E-state index is -0.325. The van der Waals surface area contributed by atoms with E-state index in [0.717, 1.165) is 0 Å². The highest BCUT2D eigenvalue weighted by Crippen LogP contribution is 1.85. The Balaban J connectivity index is 2.37. The summed E-state index contributed by atoms with van der Waals surface area (Å²) in [5.74, 6) is 5.37. The van der Waals surface area contributed by atoms with Gasteiger partial charge >= 0.3 is 5.97 Å². The second kappa shape index (κ2) is 4.93. The maximum atomic E-state index is 10.8. The molecule has 68 valence electrons. The van der Waals surface area contributed by atoms with Gasteiger partial charge in [0.05, 0.1) is 6.61 Å². The summed E-state index contributed by atoms with van der Waals surface area (Å²) in [7, 11) is 0. The van der Waals surface area contributed by atoms with Gasteiger partial charge in [-0.15, -0.1) is 0 Å². The first kappa shape index (κ1) is 9.26. The molecule has 0 unspecified atom stereocenters. The van der Waals surface area contributed by atoms with Crippen LogP contribution in [-0.2, 0) is 9.53 Å². The lowest BCUT2D eigenvalue weighted by atomic mass is 10.4. The van der Waals surface area contributed by atoms with Gasteiger partial charge in [0.1, 0.15) is 12.7 Å². The van der Waals surface area contributed by atoms with Crippen molar-refractivity contribution in [2.75, 3.05) is 6.61 Å². The van der Waals surface area contributed by atoms with E-state index in [1.54, 1.807) is 6.92 Å². The van der Waals surface area contributed by atoms with E-state index in [-0.39, 0.29) is 12.4 Å². The van der Waals surface area contributed by atoms with Gasteiger partial charge in [0.2, 0.25) is 5.82 Å². The summed E-state index contributed by atoms with van der Waals surface area (Å²) in [6.07, 6.45) is 1.43. The number of ether oxygens (including phenoxy) is 1. The van der Waals surface area contributed by atoms with Crippen molar-refractivity contribution in [2.24, 2.45) is 0 Å². The molecule has 0 saturated heterocycles. The van der Waals surface area contributed by atoms with Crippen molar-refractivity contribution in [1.82, 2.24) is 15.2 Å². The van der Waals surface area contributed by atoms with E-state index >= 15 is 0 Å². The van der Waals surface area contributed by atoms with Crippen molar-refractivity contribution in [1.29, 1.82) is 0 Å². The number of aromatic nitrogens is 3. The number of rotatable bonds is 2. The standard InChI is InChI=1S/C8H9N3O2/c1-2-13-8(12)5-3-4-7-9-6-10-11-7/h6H,2,5H2,1H3,(H,9,10,11). The van der Waals surface area contributed by atoms with Crippen LogP contribution in [0.25, 0.3) is 0 Å². The van der Waals surface area contributed by atoms with Gasteiger partial charge in [-0.25, -0.2) is 4.98 Å². The molecular weight excluding hydrogens is 170 g/mol.